The molecule has 1 aromatic carbocycles. The van der Waals surface area contributed by atoms with Crippen LogP contribution in [0.3, 0.4) is 0 Å². The number of benzene rings is 1. The van der Waals surface area contributed by atoms with Gasteiger partial charge in [0.05, 0.1) is 17.9 Å². The third-order valence-electron chi connectivity index (χ3n) is 6.50. The van der Waals surface area contributed by atoms with Gasteiger partial charge < -0.3 is 26.2 Å². The van der Waals surface area contributed by atoms with Gasteiger partial charge in [0.2, 0.25) is 11.8 Å². The predicted molar refractivity (Wildman–Crippen MR) is 179 cm³/mol. The van der Waals surface area contributed by atoms with Crippen molar-refractivity contribution >= 4 is 34.7 Å². The SMILES string of the molecule is C=CCC(=O)N/C(C=C)=C/C=C\C(=C)Nc1nc(CNc2ccc(NCCN(CCCC)C(C)=O)cc2NC(F)(F)F)ncc1C(F)(F)F. The summed E-state index contributed by atoms with van der Waals surface area (Å²) in [5, 5.41) is 12.2. The Morgan fingerprint density at radius 1 is 1.04 bits per heavy atom. The number of carbonyl (C=O) groups excluding carboxylic acids is 2. The summed E-state index contributed by atoms with van der Waals surface area (Å²) in [5.41, 5.74) is -0.911. The van der Waals surface area contributed by atoms with E-state index in [1.165, 1.54) is 60.8 Å². The highest BCUT2D eigenvalue weighted by molar-refractivity contribution is 5.79. The summed E-state index contributed by atoms with van der Waals surface area (Å²) < 4.78 is 81.4. The molecule has 0 radical (unpaired) electrons. The Bertz CT molecular complexity index is 1540. The van der Waals surface area contributed by atoms with Crippen molar-refractivity contribution < 1.29 is 35.9 Å². The molecule has 266 valence electrons. The van der Waals surface area contributed by atoms with Gasteiger partial charge in [0, 0.05) is 56.3 Å². The molecule has 0 fully saturated rings. The molecule has 0 spiro atoms. The summed E-state index contributed by atoms with van der Waals surface area (Å²) in [5.74, 6) is -1.25. The Hall–Kier alpha value is -5.28. The minimum atomic E-state index is -4.84. The molecule has 5 N–H and O–H groups in total. The van der Waals surface area contributed by atoms with Crippen molar-refractivity contribution in [1.29, 1.82) is 0 Å². The largest absolute Gasteiger partial charge is 0.482 e. The molecule has 0 saturated heterocycles. The van der Waals surface area contributed by atoms with Gasteiger partial charge in [-0.05, 0) is 42.8 Å². The van der Waals surface area contributed by atoms with E-state index in [1.54, 1.807) is 4.90 Å². The quantitative estimate of drug-likeness (QED) is 0.0448. The van der Waals surface area contributed by atoms with Gasteiger partial charge in [0.15, 0.2) is 0 Å². The van der Waals surface area contributed by atoms with Gasteiger partial charge >= 0.3 is 12.5 Å². The van der Waals surface area contributed by atoms with E-state index in [0.29, 0.717) is 30.7 Å². The average Bonchev–Trinajstić information content (AvgIpc) is 3.00. The van der Waals surface area contributed by atoms with Crippen LogP contribution < -0.4 is 26.6 Å². The molecule has 2 rings (SSSR count). The zero-order chi connectivity index (χ0) is 36.6. The van der Waals surface area contributed by atoms with Crippen molar-refractivity contribution in [3.8, 4) is 0 Å². The van der Waals surface area contributed by atoms with Crippen LogP contribution in [-0.2, 0) is 22.3 Å². The summed E-state index contributed by atoms with van der Waals surface area (Å²) in [6, 6.07) is 4.09. The Kier molecular flexibility index (Phi) is 15.4. The number of nitrogens with zero attached hydrogens (tertiary/aromatic N) is 3. The van der Waals surface area contributed by atoms with E-state index < -0.39 is 23.9 Å². The lowest BCUT2D eigenvalue weighted by molar-refractivity contribution is -0.137. The first-order chi connectivity index (χ1) is 23.1. The van der Waals surface area contributed by atoms with Crippen LogP contribution in [0.5, 0.6) is 0 Å². The average molecular weight is 695 g/mol. The standard InChI is InChI=1S/C33H40F6N8O2/c1-6-9-17-47(23(5)48)18-16-40-25-14-15-27(28(19-25)46-33(37,38)39)41-21-29-42-20-26(32(34,35)36)31(45-29)43-22(4)12-10-13-24(8-3)44-30(49)11-7-2/h7-8,10,12-15,19-20,40-41,46H,2-4,6,9,11,16-18,21H2,1,5H3,(H,44,49)(H,42,43,45)/b12-10-,24-13+. The third kappa shape index (κ3) is 14.6. The number of allylic oxidation sites excluding steroid dienone is 4. The number of amides is 2. The molecule has 0 saturated carbocycles. The van der Waals surface area contributed by atoms with Gasteiger partial charge in [0.1, 0.15) is 17.2 Å². The van der Waals surface area contributed by atoms with Crippen LogP contribution in [0.15, 0.2) is 85.9 Å². The number of anilines is 4. The maximum Gasteiger partial charge on any atom is 0.482 e. The van der Waals surface area contributed by atoms with E-state index in [4.69, 9.17) is 0 Å². The Labute approximate surface area is 281 Å². The van der Waals surface area contributed by atoms with Crippen LogP contribution in [-0.4, -0.2) is 52.6 Å². The zero-order valence-electron chi connectivity index (χ0n) is 27.2. The van der Waals surface area contributed by atoms with Crippen LogP contribution in [0.2, 0.25) is 0 Å². The lowest BCUT2D eigenvalue weighted by Crippen LogP contribution is -2.34. The fourth-order valence-corrected chi connectivity index (χ4v) is 4.12. The molecule has 0 aliphatic carbocycles. The monoisotopic (exact) mass is 694 g/mol. The van der Waals surface area contributed by atoms with Crippen LogP contribution in [0.1, 0.15) is 44.5 Å². The minimum absolute atomic E-state index is 0.00303. The molecule has 0 unspecified atom stereocenters. The van der Waals surface area contributed by atoms with Gasteiger partial charge in [-0.25, -0.2) is 9.97 Å². The van der Waals surface area contributed by atoms with E-state index in [-0.39, 0.29) is 54.2 Å². The van der Waals surface area contributed by atoms with Crippen molar-refractivity contribution in [3.05, 3.63) is 97.3 Å². The van der Waals surface area contributed by atoms with E-state index in [2.05, 4.69) is 51.0 Å². The van der Waals surface area contributed by atoms with Crippen molar-refractivity contribution in [2.75, 3.05) is 40.9 Å². The minimum Gasteiger partial charge on any atom is -0.383 e. The number of hydrogen-bond acceptors (Lipinski definition) is 8. The fraction of sp³-hybridized carbons (Fsp3) is 0.333. The Morgan fingerprint density at radius 2 is 1.78 bits per heavy atom. The highest BCUT2D eigenvalue weighted by atomic mass is 19.4. The molecular weight excluding hydrogens is 654 g/mol. The summed E-state index contributed by atoms with van der Waals surface area (Å²) in [4.78, 5) is 32.9. The molecule has 0 aliphatic rings. The summed E-state index contributed by atoms with van der Waals surface area (Å²) in [6.07, 6.45) is -0.325. The highest BCUT2D eigenvalue weighted by Gasteiger charge is 2.35. The van der Waals surface area contributed by atoms with Gasteiger partial charge in [-0.1, -0.05) is 38.7 Å². The van der Waals surface area contributed by atoms with Crippen molar-refractivity contribution in [2.24, 2.45) is 0 Å². The second-order valence-corrected chi connectivity index (χ2v) is 10.4. The molecule has 1 aromatic heterocycles. The number of aromatic nitrogens is 2. The van der Waals surface area contributed by atoms with E-state index >= 15 is 0 Å². The van der Waals surface area contributed by atoms with Gasteiger partial charge in [-0.2, -0.15) is 26.3 Å². The molecular formula is C33H40F6N8O2. The molecule has 0 bridgehead atoms. The summed E-state index contributed by atoms with van der Waals surface area (Å²) in [6.45, 7) is 15.0. The molecule has 2 amide bonds. The van der Waals surface area contributed by atoms with Crippen LogP contribution in [0.25, 0.3) is 0 Å². The lowest BCUT2D eigenvalue weighted by atomic mass is 10.2. The highest BCUT2D eigenvalue weighted by Crippen LogP contribution is 2.34. The number of rotatable bonds is 19. The number of alkyl halides is 6. The first kappa shape index (κ1) is 39.9. The van der Waals surface area contributed by atoms with Gasteiger partial charge in [0.25, 0.3) is 0 Å². The van der Waals surface area contributed by atoms with E-state index in [1.807, 2.05) is 6.92 Å². The zero-order valence-corrected chi connectivity index (χ0v) is 27.2. The molecule has 49 heavy (non-hydrogen) atoms. The second-order valence-electron chi connectivity index (χ2n) is 10.4. The van der Waals surface area contributed by atoms with Crippen LogP contribution in [0, 0.1) is 0 Å². The van der Waals surface area contributed by atoms with Crippen LogP contribution in [0.4, 0.5) is 49.2 Å². The van der Waals surface area contributed by atoms with Crippen molar-refractivity contribution in [3.63, 3.8) is 0 Å². The lowest BCUT2D eigenvalue weighted by Gasteiger charge is -2.22. The molecule has 0 atom stereocenters. The van der Waals surface area contributed by atoms with Crippen LogP contribution >= 0.6 is 0 Å². The van der Waals surface area contributed by atoms with Gasteiger partial charge in [-0.3, -0.25) is 14.9 Å². The van der Waals surface area contributed by atoms with Gasteiger partial charge in [-0.15, -0.1) is 6.58 Å². The predicted octanol–water partition coefficient (Wildman–Crippen LogP) is 7.34. The maximum absolute atomic E-state index is 13.8. The number of hydrogen-bond donors (Lipinski definition) is 5. The Balaban J connectivity index is 2.23. The molecule has 10 nitrogen and oxygen atoms in total. The molecule has 1 heterocycles. The molecule has 2 aromatic rings. The maximum atomic E-state index is 13.8. The van der Waals surface area contributed by atoms with Crippen molar-refractivity contribution in [1.82, 2.24) is 20.2 Å². The summed E-state index contributed by atoms with van der Waals surface area (Å²) in [7, 11) is 0. The first-order valence-corrected chi connectivity index (χ1v) is 15.1. The summed E-state index contributed by atoms with van der Waals surface area (Å²) >= 11 is 0. The molecule has 0 aliphatic heterocycles. The van der Waals surface area contributed by atoms with Crippen molar-refractivity contribution in [2.45, 2.75) is 52.1 Å². The third-order valence-corrected chi connectivity index (χ3v) is 6.50. The molecule has 16 heteroatoms. The van der Waals surface area contributed by atoms with E-state index in [9.17, 15) is 35.9 Å². The normalized spacial score (nSPS) is 11.9. The second kappa shape index (κ2) is 18.9. The smallest absolute Gasteiger partial charge is 0.383 e. The Morgan fingerprint density at radius 3 is 2.39 bits per heavy atom. The topological polar surface area (TPSA) is 123 Å². The first-order valence-electron chi connectivity index (χ1n) is 15.1. The number of nitrogens with one attached hydrogen (secondary N) is 5. The number of unbranched alkanes of at least 4 members (excludes halogenated alkanes) is 1. The number of halogens is 6. The van der Waals surface area contributed by atoms with E-state index in [0.717, 1.165) is 12.8 Å². The fourth-order valence-electron chi connectivity index (χ4n) is 4.12. The number of carbonyl (C=O) groups is 2.